The van der Waals surface area contributed by atoms with Crippen LogP contribution in [0.2, 0.25) is 0 Å². The van der Waals surface area contributed by atoms with Gasteiger partial charge >= 0.3 is 0 Å². The molecule has 1 unspecified atom stereocenters. The van der Waals surface area contributed by atoms with Crippen LogP contribution in [0.4, 0.5) is 5.69 Å². The fourth-order valence-corrected chi connectivity index (χ4v) is 3.41. The number of hydrogen-bond acceptors (Lipinski definition) is 1. The summed E-state index contributed by atoms with van der Waals surface area (Å²) in [6, 6.07) is 7.10. The number of nitrogens with one attached hydrogen (secondary N) is 3. The number of aryl methyl sites for hydroxylation is 1. The Morgan fingerprint density at radius 2 is 2.14 bits per heavy atom. The lowest BCUT2D eigenvalue weighted by Crippen LogP contribution is -3.16. The number of rotatable bonds is 5. The molecule has 0 radical (unpaired) electrons. The molecule has 4 heteroatoms. The van der Waals surface area contributed by atoms with E-state index in [9.17, 15) is 0 Å². The maximum atomic E-state index is 5.40. The van der Waals surface area contributed by atoms with Crippen LogP contribution < -0.4 is 15.5 Å². The Morgan fingerprint density at radius 3 is 2.91 bits per heavy atom. The molecular formula is C18H30N3S+. The first-order chi connectivity index (χ1) is 10.6. The lowest BCUT2D eigenvalue weighted by Gasteiger charge is -2.30. The maximum Gasteiger partial charge on any atom is 0.170 e. The number of hydrogen-bond donors (Lipinski definition) is 3. The number of anilines is 1. The average Bonchev–Trinajstić information content (AvgIpc) is 2.50. The fraction of sp³-hybridized carbons (Fsp3) is 0.611. The first-order valence-electron chi connectivity index (χ1n) is 8.53. The summed E-state index contributed by atoms with van der Waals surface area (Å²) < 4.78 is 0. The second kappa shape index (κ2) is 8.49. The molecule has 0 aliphatic carbocycles. The van der Waals surface area contributed by atoms with E-state index in [0.717, 1.165) is 23.4 Å². The van der Waals surface area contributed by atoms with Crippen molar-refractivity contribution >= 4 is 23.0 Å². The summed E-state index contributed by atoms with van der Waals surface area (Å²) in [7, 11) is 0. The molecule has 2 atom stereocenters. The standard InChI is InChI=1S/C18H29N3S/c1-14-8-6-10-17(16(14)3)20-18(22)19-11-7-13-21-12-5-4-9-15(21)2/h6,8,10,15H,4-5,7,9,11-13H2,1-3H3,(H2,19,20,22)/p+1/t15-/m0/s1. The molecule has 2 rings (SSSR count). The fourth-order valence-electron chi connectivity index (χ4n) is 3.19. The lowest BCUT2D eigenvalue weighted by molar-refractivity contribution is -0.928. The number of thiocarbonyl (C=S) groups is 1. The summed E-state index contributed by atoms with van der Waals surface area (Å²) in [5, 5.41) is 7.38. The van der Waals surface area contributed by atoms with E-state index in [1.165, 1.54) is 49.9 Å². The monoisotopic (exact) mass is 320 g/mol. The predicted molar refractivity (Wildman–Crippen MR) is 98.8 cm³/mol. The van der Waals surface area contributed by atoms with Gasteiger partial charge in [-0.2, -0.15) is 0 Å². The summed E-state index contributed by atoms with van der Waals surface area (Å²) in [6.07, 6.45) is 5.36. The highest BCUT2D eigenvalue weighted by Gasteiger charge is 2.20. The van der Waals surface area contributed by atoms with Gasteiger partial charge in [-0.15, -0.1) is 0 Å². The maximum absolute atomic E-state index is 5.40. The van der Waals surface area contributed by atoms with Crippen LogP contribution in [0, 0.1) is 13.8 Å². The van der Waals surface area contributed by atoms with Crippen molar-refractivity contribution in [2.45, 2.75) is 52.5 Å². The van der Waals surface area contributed by atoms with E-state index >= 15 is 0 Å². The quantitative estimate of drug-likeness (QED) is 0.575. The zero-order chi connectivity index (χ0) is 15.9. The van der Waals surface area contributed by atoms with E-state index in [0.29, 0.717) is 0 Å². The third kappa shape index (κ3) is 4.96. The number of benzene rings is 1. The minimum atomic E-state index is 0.732. The molecule has 1 aliphatic rings. The molecule has 22 heavy (non-hydrogen) atoms. The smallest absolute Gasteiger partial charge is 0.170 e. The van der Waals surface area contributed by atoms with Gasteiger partial charge in [0.15, 0.2) is 5.11 Å². The van der Waals surface area contributed by atoms with Crippen molar-refractivity contribution in [1.29, 1.82) is 0 Å². The van der Waals surface area contributed by atoms with E-state index in [-0.39, 0.29) is 0 Å². The van der Waals surface area contributed by atoms with Crippen LogP contribution in [0.1, 0.15) is 43.7 Å². The van der Waals surface area contributed by atoms with Crippen molar-refractivity contribution < 1.29 is 4.90 Å². The van der Waals surface area contributed by atoms with Crippen molar-refractivity contribution in [3.8, 4) is 0 Å². The van der Waals surface area contributed by atoms with Gasteiger partial charge < -0.3 is 15.5 Å². The van der Waals surface area contributed by atoms with Crippen LogP contribution in [0.5, 0.6) is 0 Å². The number of quaternary nitrogens is 1. The minimum Gasteiger partial charge on any atom is -0.362 e. The van der Waals surface area contributed by atoms with Gasteiger partial charge in [0.1, 0.15) is 0 Å². The van der Waals surface area contributed by atoms with Gasteiger partial charge in [-0.25, -0.2) is 0 Å². The van der Waals surface area contributed by atoms with E-state index in [2.05, 4.69) is 49.6 Å². The Hall–Kier alpha value is -1.13. The molecule has 0 aromatic heterocycles. The second-order valence-electron chi connectivity index (χ2n) is 6.54. The van der Waals surface area contributed by atoms with Gasteiger partial charge in [0.05, 0.1) is 19.1 Å². The Morgan fingerprint density at radius 1 is 1.32 bits per heavy atom. The van der Waals surface area contributed by atoms with Gasteiger partial charge in [-0.1, -0.05) is 12.1 Å². The van der Waals surface area contributed by atoms with E-state index < -0.39 is 0 Å². The molecule has 1 aliphatic heterocycles. The zero-order valence-electron chi connectivity index (χ0n) is 14.2. The minimum absolute atomic E-state index is 0.732. The highest BCUT2D eigenvalue weighted by molar-refractivity contribution is 7.80. The zero-order valence-corrected chi connectivity index (χ0v) is 15.0. The van der Waals surface area contributed by atoms with Crippen LogP contribution in [-0.2, 0) is 0 Å². The van der Waals surface area contributed by atoms with Crippen molar-refractivity contribution in [2.24, 2.45) is 0 Å². The molecule has 3 N–H and O–H groups in total. The lowest BCUT2D eigenvalue weighted by atomic mass is 10.0. The SMILES string of the molecule is Cc1cccc(NC(=S)NCCC[NH+]2CCCC[C@@H]2C)c1C. The van der Waals surface area contributed by atoms with Gasteiger partial charge in [0.2, 0.25) is 0 Å². The first-order valence-corrected chi connectivity index (χ1v) is 8.94. The van der Waals surface area contributed by atoms with Gasteiger partial charge in [0.25, 0.3) is 0 Å². The molecule has 1 aromatic rings. The molecule has 1 saturated heterocycles. The predicted octanol–water partition coefficient (Wildman–Crippen LogP) is 2.44. The van der Waals surface area contributed by atoms with E-state index in [1.54, 1.807) is 4.90 Å². The van der Waals surface area contributed by atoms with Crippen molar-refractivity contribution in [1.82, 2.24) is 5.32 Å². The van der Waals surface area contributed by atoms with Crippen LogP contribution in [-0.4, -0.2) is 30.8 Å². The van der Waals surface area contributed by atoms with Gasteiger partial charge in [0, 0.05) is 18.7 Å². The van der Waals surface area contributed by atoms with Gasteiger partial charge in [-0.05, 0) is 69.4 Å². The Bertz CT molecular complexity index is 501. The van der Waals surface area contributed by atoms with Crippen LogP contribution >= 0.6 is 12.2 Å². The highest BCUT2D eigenvalue weighted by atomic mass is 32.1. The molecule has 0 bridgehead atoms. The van der Waals surface area contributed by atoms with E-state index in [1.807, 2.05) is 0 Å². The van der Waals surface area contributed by atoms with Crippen LogP contribution in [0.15, 0.2) is 18.2 Å². The molecule has 1 heterocycles. The number of likely N-dealkylation sites (tertiary alicyclic amines) is 1. The van der Waals surface area contributed by atoms with Crippen molar-refractivity contribution in [3.05, 3.63) is 29.3 Å². The molecular weight excluding hydrogens is 290 g/mol. The second-order valence-corrected chi connectivity index (χ2v) is 6.95. The third-order valence-corrected chi connectivity index (χ3v) is 5.14. The van der Waals surface area contributed by atoms with Crippen LogP contribution in [0.25, 0.3) is 0 Å². The van der Waals surface area contributed by atoms with Crippen LogP contribution in [0.3, 0.4) is 0 Å². The summed E-state index contributed by atoms with van der Waals surface area (Å²) in [6.45, 7) is 10.2. The molecule has 0 amide bonds. The summed E-state index contributed by atoms with van der Waals surface area (Å²) >= 11 is 5.40. The molecule has 0 spiro atoms. The number of piperidine rings is 1. The Kier molecular flexibility index (Phi) is 6.65. The Balaban J connectivity index is 1.68. The van der Waals surface area contributed by atoms with Crippen molar-refractivity contribution in [3.63, 3.8) is 0 Å². The summed E-state index contributed by atoms with van der Waals surface area (Å²) in [5.41, 5.74) is 3.65. The van der Waals surface area contributed by atoms with Crippen molar-refractivity contribution in [2.75, 3.05) is 25.0 Å². The summed E-state index contributed by atoms with van der Waals surface area (Å²) in [5.74, 6) is 0. The average molecular weight is 321 g/mol. The highest BCUT2D eigenvalue weighted by Crippen LogP contribution is 2.17. The third-order valence-electron chi connectivity index (χ3n) is 4.90. The molecule has 1 aromatic carbocycles. The van der Waals surface area contributed by atoms with E-state index in [4.69, 9.17) is 12.2 Å². The largest absolute Gasteiger partial charge is 0.362 e. The molecule has 1 fully saturated rings. The van der Waals surface area contributed by atoms with Gasteiger partial charge in [-0.3, -0.25) is 0 Å². The topological polar surface area (TPSA) is 28.5 Å². The Labute approximate surface area is 140 Å². The normalized spacial score (nSPS) is 21.4. The summed E-state index contributed by atoms with van der Waals surface area (Å²) in [4.78, 5) is 1.77. The first kappa shape index (κ1) is 17.2. The molecule has 0 saturated carbocycles. The molecule has 122 valence electrons. The molecule has 3 nitrogen and oxygen atoms in total.